The van der Waals surface area contributed by atoms with Gasteiger partial charge in [-0.25, -0.2) is 4.98 Å². The van der Waals surface area contributed by atoms with E-state index in [-0.39, 0.29) is 12.4 Å². The van der Waals surface area contributed by atoms with E-state index < -0.39 is 0 Å². The zero-order valence-corrected chi connectivity index (χ0v) is 8.70. The topological polar surface area (TPSA) is 58.6 Å². The Morgan fingerprint density at radius 2 is 2.07 bits per heavy atom. The van der Waals surface area contributed by atoms with Crippen LogP contribution < -0.4 is 0 Å². The summed E-state index contributed by atoms with van der Waals surface area (Å²) in [5.41, 5.74) is 1.92. The van der Waals surface area contributed by atoms with Gasteiger partial charge in [-0.15, -0.1) is 12.4 Å². The molecule has 0 aliphatic rings. The van der Waals surface area contributed by atoms with Gasteiger partial charge in [0.15, 0.2) is 0 Å². The van der Waals surface area contributed by atoms with Crippen molar-refractivity contribution < 1.29 is 4.79 Å². The third kappa shape index (κ3) is 2.63. The van der Waals surface area contributed by atoms with Gasteiger partial charge >= 0.3 is 0 Å². The minimum absolute atomic E-state index is 0. The maximum absolute atomic E-state index is 10.3. The normalized spacial score (nSPS) is 9.33. The lowest BCUT2D eigenvalue weighted by Gasteiger charge is -1.94. The Kier molecular flexibility index (Phi) is 4.00. The third-order valence-electron chi connectivity index (χ3n) is 1.90. The molecule has 0 amide bonds. The molecule has 2 heterocycles. The molecule has 78 valence electrons. The lowest BCUT2D eigenvalue weighted by molar-refractivity contribution is -0.107. The highest BCUT2D eigenvalue weighted by atomic mass is 35.5. The molecule has 2 aromatic rings. The van der Waals surface area contributed by atoms with E-state index in [4.69, 9.17) is 0 Å². The van der Waals surface area contributed by atoms with Crippen molar-refractivity contribution >= 4 is 18.7 Å². The highest BCUT2D eigenvalue weighted by molar-refractivity contribution is 5.85. The first-order chi connectivity index (χ1) is 6.90. The second-order valence-electron chi connectivity index (χ2n) is 2.85. The zero-order chi connectivity index (χ0) is 9.80. The molecule has 0 aliphatic carbocycles. The first-order valence-corrected chi connectivity index (χ1v) is 4.28. The van der Waals surface area contributed by atoms with E-state index in [9.17, 15) is 4.79 Å². The number of hydrogen-bond donors (Lipinski definition) is 1. The van der Waals surface area contributed by atoms with Crippen LogP contribution in [0.3, 0.4) is 0 Å². The van der Waals surface area contributed by atoms with Crippen LogP contribution in [0.2, 0.25) is 0 Å². The number of carbonyl (C=O) groups is 1. The number of aromatic nitrogens is 3. The van der Waals surface area contributed by atoms with Gasteiger partial charge in [0.05, 0.1) is 18.3 Å². The lowest BCUT2D eigenvalue weighted by Crippen LogP contribution is -1.87. The Morgan fingerprint density at radius 3 is 2.73 bits per heavy atom. The van der Waals surface area contributed by atoms with E-state index in [1.54, 1.807) is 18.6 Å². The number of nitrogens with zero attached hydrogens (tertiary/aromatic N) is 2. The van der Waals surface area contributed by atoms with Gasteiger partial charge in [-0.2, -0.15) is 0 Å². The maximum atomic E-state index is 10.3. The highest BCUT2D eigenvalue weighted by Crippen LogP contribution is 2.14. The van der Waals surface area contributed by atoms with Crippen LogP contribution in [0.4, 0.5) is 0 Å². The molecular formula is C10H10ClN3O. The summed E-state index contributed by atoms with van der Waals surface area (Å²) in [5.74, 6) is 0.687. The maximum Gasteiger partial charge on any atom is 0.127 e. The fourth-order valence-corrected chi connectivity index (χ4v) is 1.22. The van der Waals surface area contributed by atoms with Gasteiger partial charge in [-0.05, 0) is 12.1 Å². The minimum atomic E-state index is 0. The van der Waals surface area contributed by atoms with Gasteiger partial charge < -0.3 is 9.78 Å². The van der Waals surface area contributed by atoms with Crippen molar-refractivity contribution in [3.63, 3.8) is 0 Å². The summed E-state index contributed by atoms with van der Waals surface area (Å²) < 4.78 is 0. The number of imidazole rings is 1. The standard InChI is InChI=1S/C10H9N3O.ClH/c14-6-3-10-12-7-9(13-10)8-1-4-11-5-2-8;/h1-2,4-7H,3H2,(H,12,13);1H. The molecule has 0 saturated heterocycles. The molecule has 5 heteroatoms. The second kappa shape index (κ2) is 5.26. The van der Waals surface area contributed by atoms with E-state index >= 15 is 0 Å². The van der Waals surface area contributed by atoms with Crippen LogP contribution in [0.25, 0.3) is 11.3 Å². The van der Waals surface area contributed by atoms with Crippen LogP contribution in [0.5, 0.6) is 0 Å². The number of nitrogens with one attached hydrogen (secondary N) is 1. The van der Waals surface area contributed by atoms with E-state index in [0.717, 1.165) is 17.5 Å². The smallest absolute Gasteiger partial charge is 0.127 e. The van der Waals surface area contributed by atoms with E-state index in [0.29, 0.717) is 12.2 Å². The molecule has 0 bridgehead atoms. The molecule has 2 aromatic heterocycles. The molecule has 0 fully saturated rings. The summed E-state index contributed by atoms with van der Waals surface area (Å²) in [7, 11) is 0. The summed E-state index contributed by atoms with van der Waals surface area (Å²) in [6.45, 7) is 0. The van der Waals surface area contributed by atoms with Crippen molar-refractivity contribution in [3.05, 3.63) is 36.5 Å². The van der Waals surface area contributed by atoms with Gasteiger partial charge in [-0.1, -0.05) is 0 Å². The third-order valence-corrected chi connectivity index (χ3v) is 1.90. The molecule has 0 atom stereocenters. The SMILES string of the molecule is Cl.O=CCc1ncc(-c2ccncc2)[nH]1. The molecule has 4 nitrogen and oxygen atoms in total. The number of aromatic amines is 1. The zero-order valence-electron chi connectivity index (χ0n) is 7.88. The van der Waals surface area contributed by atoms with Crippen LogP contribution in [0.1, 0.15) is 5.82 Å². The summed E-state index contributed by atoms with van der Waals surface area (Å²) in [6.07, 6.45) is 6.31. The first-order valence-electron chi connectivity index (χ1n) is 4.28. The molecule has 0 saturated carbocycles. The second-order valence-corrected chi connectivity index (χ2v) is 2.85. The van der Waals surface area contributed by atoms with Gasteiger partial charge in [-0.3, -0.25) is 4.98 Å². The monoisotopic (exact) mass is 223 g/mol. The molecule has 15 heavy (non-hydrogen) atoms. The summed E-state index contributed by atoms with van der Waals surface area (Å²) in [6, 6.07) is 3.77. The Labute approximate surface area is 93.2 Å². The molecule has 2 rings (SSSR count). The van der Waals surface area contributed by atoms with Crippen LogP contribution in [0.15, 0.2) is 30.7 Å². The van der Waals surface area contributed by atoms with Crippen molar-refractivity contribution in [2.45, 2.75) is 6.42 Å². The Hall–Kier alpha value is -1.68. The van der Waals surface area contributed by atoms with Crippen LogP contribution >= 0.6 is 12.4 Å². The highest BCUT2D eigenvalue weighted by Gasteiger charge is 2.01. The molecule has 0 radical (unpaired) electrons. The van der Waals surface area contributed by atoms with E-state index in [2.05, 4.69) is 15.0 Å². The summed E-state index contributed by atoms with van der Waals surface area (Å²) in [4.78, 5) is 21.3. The fourth-order valence-electron chi connectivity index (χ4n) is 1.22. The number of aldehydes is 1. The predicted molar refractivity (Wildman–Crippen MR) is 58.8 cm³/mol. The van der Waals surface area contributed by atoms with Crippen molar-refractivity contribution in [1.82, 2.24) is 15.0 Å². The number of halogens is 1. The average molecular weight is 224 g/mol. The molecule has 0 aliphatic heterocycles. The fraction of sp³-hybridized carbons (Fsp3) is 0.100. The van der Waals surface area contributed by atoms with Gasteiger partial charge in [0.2, 0.25) is 0 Å². The van der Waals surface area contributed by atoms with E-state index in [1.165, 1.54) is 0 Å². The minimum Gasteiger partial charge on any atom is -0.342 e. The van der Waals surface area contributed by atoms with Gasteiger partial charge in [0.1, 0.15) is 12.1 Å². The molecule has 0 aromatic carbocycles. The summed E-state index contributed by atoms with van der Waals surface area (Å²) in [5, 5.41) is 0. The largest absolute Gasteiger partial charge is 0.342 e. The Bertz CT molecular complexity index is 427. The van der Waals surface area contributed by atoms with Crippen molar-refractivity contribution in [2.75, 3.05) is 0 Å². The summed E-state index contributed by atoms with van der Waals surface area (Å²) >= 11 is 0. The first kappa shape index (κ1) is 11.4. The van der Waals surface area contributed by atoms with Crippen LogP contribution in [-0.2, 0) is 11.2 Å². The Morgan fingerprint density at radius 1 is 1.33 bits per heavy atom. The van der Waals surface area contributed by atoms with Crippen LogP contribution in [0, 0.1) is 0 Å². The molecule has 0 spiro atoms. The lowest BCUT2D eigenvalue weighted by atomic mass is 10.2. The number of hydrogen-bond acceptors (Lipinski definition) is 3. The Balaban J connectivity index is 0.00000112. The number of carbonyl (C=O) groups excluding carboxylic acids is 1. The van der Waals surface area contributed by atoms with Crippen LogP contribution in [-0.4, -0.2) is 21.2 Å². The molecule has 1 N–H and O–H groups in total. The number of rotatable bonds is 3. The predicted octanol–water partition coefficient (Wildman–Crippen LogP) is 1.63. The molecular weight excluding hydrogens is 214 g/mol. The van der Waals surface area contributed by atoms with E-state index in [1.807, 2.05) is 12.1 Å². The van der Waals surface area contributed by atoms with Crippen molar-refractivity contribution in [1.29, 1.82) is 0 Å². The number of H-pyrrole nitrogens is 1. The van der Waals surface area contributed by atoms with Gasteiger partial charge in [0.25, 0.3) is 0 Å². The average Bonchev–Trinajstić information content (AvgIpc) is 2.68. The quantitative estimate of drug-likeness (QED) is 0.805. The number of pyridine rings is 1. The van der Waals surface area contributed by atoms with Crippen molar-refractivity contribution in [2.24, 2.45) is 0 Å². The van der Waals surface area contributed by atoms with Crippen molar-refractivity contribution in [3.8, 4) is 11.3 Å². The van der Waals surface area contributed by atoms with Gasteiger partial charge in [0, 0.05) is 18.0 Å². The molecule has 0 unspecified atom stereocenters.